The van der Waals surface area contributed by atoms with E-state index < -0.39 is 34.7 Å². The number of hydrogen-bond acceptors (Lipinski definition) is 3. The Morgan fingerprint density at radius 2 is 1.58 bits per heavy atom. The van der Waals surface area contributed by atoms with Crippen molar-refractivity contribution in [3.05, 3.63) is 32.6 Å². The van der Waals surface area contributed by atoms with Crippen LogP contribution >= 0.6 is 0 Å². The first-order valence-electron chi connectivity index (χ1n) is 4.67. The Labute approximate surface area is 101 Å². The normalized spacial score (nSPS) is 12.6. The number of aryl methyl sites for hydroxylation is 1. The Hall–Kier alpha value is -2.00. The Bertz CT molecular complexity index is 641. The van der Waals surface area contributed by atoms with E-state index in [1.165, 1.54) is 0 Å². The Morgan fingerprint density at radius 1 is 1.11 bits per heavy atom. The quantitative estimate of drug-likeness (QED) is 0.586. The zero-order valence-electron chi connectivity index (χ0n) is 9.59. The molecule has 19 heavy (non-hydrogen) atoms. The molecule has 0 saturated heterocycles. The molecule has 0 aliphatic rings. The zero-order valence-corrected chi connectivity index (χ0v) is 9.59. The first-order valence-corrected chi connectivity index (χ1v) is 4.67. The molecule has 0 unspecified atom stereocenters. The van der Waals surface area contributed by atoms with Gasteiger partial charge in [0.1, 0.15) is 5.56 Å². The first-order chi connectivity index (χ1) is 8.41. The number of rotatable bonds is 2. The van der Waals surface area contributed by atoms with Crippen molar-refractivity contribution in [1.82, 2.24) is 9.13 Å². The molecular weight excluding hydrogens is 279 g/mol. The third kappa shape index (κ3) is 2.29. The molecule has 106 valence electrons. The lowest BCUT2D eigenvalue weighted by Gasteiger charge is -2.18. The summed E-state index contributed by atoms with van der Waals surface area (Å²) < 4.78 is 62.6. The molecule has 0 bridgehead atoms. The van der Waals surface area contributed by atoms with E-state index in [1.807, 2.05) is 0 Å². The molecule has 1 aromatic heterocycles. The maximum Gasteiger partial charge on any atom is 0.461 e. The van der Waals surface area contributed by atoms with Crippen LogP contribution < -0.4 is 11.2 Å². The summed E-state index contributed by atoms with van der Waals surface area (Å²) in [5, 5.41) is 0. The summed E-state index contributed by atoms with van der Waals surface area (Å²) in [5.74, 6) is -8.40. The minimum absolute atomic E-state index is 0.264. The van der Waals surface area contributed by atoms with Crippen molar-refractivity contribution in [3.63, 3.8) is 0 Å². The summed E-state index contributed by atoms with van der Waals surface area (Å²) in [6, 6.07) is 0. The molecule has 0 atom stereocenters. The van der Waals surface area contributed by atoms with Gasteiger partial charge in [0.2, 0.25) is 5.78 Å². The molecule has 0 radical (unpaired) electrons. The second-order valence-electron chi connectivity index (χ2n) is 3.70. The van der Waals surface area contributed by atoms with E-state index in [9.17, 15) is 36.3 Å². The van der Waals surface area contributed by atoms with E-state index in [1.54, 1.807) is 0 Å². The van der Waals surface area contributed by atoms with Crippen LogP contribution in [0.3, 0.4) is 0 Å². The standard InChI is InChI=1S/C9H7F5N2O3/c1-15-3-4(6(18)16(2)7(15)19)5(17)8(10,11)9(12,13)14/h3H,1-2H3. The minimum Gasteiger partial charge on any atom is -0.303 e. The summed E-state index contributed by atoms with van der Waals surface area (Å²) in [5.41, 5.74) is -3.89. The molecule has 0 fully saturated rings. The van der Waals surface area contributed by atoms with Crippen LogP contribution in [0.4, 0.5) is 22.0 Å². The fraction of sp³-hybridized carbons (Fsp3) is 0.444. The molecular formula is C9H7F5N2O3. The Balaban J connectivity index is 3.54. The van der Waals surface area contributed by atoms with Crippen molar-refractivity contribution in [1.29, 1.82) is 0 Å². The van der Waals surface area contributed by atoms with Gasteiger partial charge in [0.05, 0.1) is 0 Å². The molecule has 10 heteroatoms. The van der Waals surface area contributed by atoms with Crippen molar-refractivity contribution in [2.24, 2.45) is 14.1 Å². The van der Waals surface area contributed by atoms with E-state index in [0.717, 1.165) is 14.1 Å². The first kappa shape index (κ1) is 15.1. The zero-order chi connectivity index (χ0) is 15.2. The van der Waals surface area contributed by atoms with Gasteiger partial charge in [0, 0.05) is 20.3 Å². The van der Waals surface area contributed by atoms with Crippen molar-refractivity contribution in [2.75, 3.05) is 0 Å². The van der Waals surface area contributed by atoms with Gasteiger partial charge in [-0.2, -0.15) is 22.0 Å². The lowest BCUT2D eigenvalue weighted by atomic mass is 10.1. The van der Waals surface area contributed by atoms with Gasteiger partial charge in [0.25, 0.3) is 5.56 Å². The topological polar surface area (TPSA) is 61.1 Å². The van der Waals surface area contributed by atoms with E-state index in [4.69, 9.17) is 0 Å². The van der Waals surface area contributed by atoms with Crippen LogP contribution in [0.2, 0.25) is 0 Å². The van der Waals surface area contributed by atoms with Crippen molar-refractivity contribution >= 4 is 5.78 Å². The molecule has 0 saturated carbocycles. The van der Waals surface area contributed by atoms with Gasteiger partial charge >= 0.3 is 17.8 Å². The lowest BCUT2D eigenvalue weighted by molar-refractivity contribution is -0.255. The van der Waals surface area contributed by atoms with Gasteiger partial charge in [-0.05, 0) is 0 Å². The molecule has 1 aromatic rings. The summed E-state index contributed by atoms with van der Waals surface area (Å²) in [6.45, 7) is 0. The molecule has 0 aliphatic heterocycles. The highest BCUT2D eigenvalue weighted by Crippen LogP contribution is 2.37. The smallest absolute Gasteiger partial charge is 0.303 e. The number of alkyl halides is 5. The molecule has 1 heterocycles. The number of carbonyl (C=O) groups excluding carboxylic acids is 1. The number of carbonyl (C=O) groups is 1. The van der Waals surface area contributed by atoms with Gasteiger partial charge in [-0.25, -0.2) is 4.79 Å². The van der Waals surface area contributed by atoms with Crippen molar-refractivity contribution in [3.8, 4) is 0 Å². The van der Waals surface area contributed by atoms with E-state index in [2.05, 4.69) is 0 Å². The number of hydrogen-bond donors (Lipinski definition) is 0. The highest BCUT2D eigenvalue weighted by molar-refractivity contribution is 6.01. The van der Waals surface area contributed by atoms with Crippen molar-refractivity contribution < 1.29 is 26.7 Å². The van der Waals surface area contributed by atoms with Crippen LogP contribution in [0.25, 0.3) is 0 Å². The maximum absolute atomic E-state index is 12.8. The molecule has 0 amide bonds. The van der Waals surface area contributed by atoms with Gasteiger partial charge < -0.3 is 4.57 Å². The fourth-order valence-electron chi connectivity index (χ4n) is 1.26. The number of Topliss-reactive ketones (excluding diaryl/α,β-unsaturated/α-hetero) is 1. The second-order valence-corrected chi connectivity index (χ2v) is 3.70. The van der Waals surface area contributed by atoms with E-state index in [-0.39, 0.29) is 4.57 Å². The van der Waals surface area contributed by atoms with Gasteiger partial charge in [-0.3, -0.25) is 14.2 Å². The third-order valence-electron chi connectivity index (χ3n) is 2.33. The highest BCUT2D eigenvalue weighted by atomic mass is 19.4. The van der Waals surface area contributed by atoms with Crippen LogP contribution in [-0.4, -0.2) is 27.0 Å². The maximum atomic E-state index is 12.8. The minimum atomic E-state index is -6.12. The second kappa shape index (κ2) is 4.28. The molecule has 0 spiro atoms. The summed E-state index contributed by atoms with van der Waals surface area (Å²) >= 11 is 0. The van der Waals surface area contributed by atoms with Crippen LogP contribution in [0.1, 0.15) is 10.4 Å². The lowest BCUT2D eigenvalue weighted by Crippen LogP contribution is -2.48. The average Bonchev–Trinajstić information content (AvgIpc) is 2.28. The van der Waals surface area contributed by atoms with Gasteiger partial charge in [-0.15, -0.1) is 0 Å². The predicted octanol–water partition coefficient (Wildman–Crippen LogP) is 0.464. The third-order valence-corrected chi connectivity index (χ3v) is 2.33. The number of nitrogens with zero attached hydrogens (tertiary/aromatic N) is 2. The summed E-state index contributed by atoms with van der Waals surface area (Å²) in [6.07, 6.45) is -5.77. The number of aromatic nitrogens is 2. The predicted molar refractivity (Wildman–Crippen MR) is 52.3 cm³/mol. The van der Waals surface area contributed by atoms with E-state index >= 15 is 0 Å². The monoisotopic (exact) mass is 286 g/mol. The molecule has 0 aromatic carbocycles. The van der Waals surface area contributed by atoms with Crippen LogP contribution in [0.5, 0.6) is 0 Å². The van der Waals surface area contributed by atoms with Gasteiger partial charge in [0.15, 0.2) is 0 Å². The van der Waals surface area contributed by atoms with Crippen LogP contribution in [0.15, 0.2) is 15.8 Å². The SMILES string of the molecule is Cn1cc(C(=O)C(F)(F)C(F)(F)F)c(=O)n(C)c1=O. The average molecular weight is 286 g/mol. The van der Waals surface area contributed by atoms with Gasteiger partial charge in [-0.1, -0.05) is 0 Å². The number of ketones is 1. The highest BCUT2D eigenvalue weighted by Gasteiger charge is 2.63. The summed E-state index contributed by atoms with van der Waals surface area (Å²) in [4.78, 5) is 33.8. The summed E-state index contributed by atoms with van der Waals surface area (Å²) in [7, 11) is 1.86. The largest absolute Gasteiger partial charge is 0.461 e. The molecule has 0 N–H and O–H groups in total. The molecule has 1 rings (SSSR count). The Morgan fingerprint density at radius 3 is 2.00 bits per heavy atom. The van der Waals surface area contributed by atoms with Crippen molar-refractivity contribution in [2.45, 2.75) is 12.1 Å². The van der Waals surface area contributed by atoms with Crippen LogP contribution in [0, 0.1) is 0 Å². The van der Waals surface area contributed by atoms with E-state index in [0.29, 0.717) is 10.8 Å². The van der Waals surface area contributed by atoms with Crippen LogP contribution in [-0.2, 0) is 14.1 Å². The molecule has 5 nitrogen and oxygen atoms in total. The molecule has 0 aliphatic carbocycles. The number of halogens is 5. The fourth-order valence-corrected chi connectivity index (χ4v) is 1.26. The Kier molecular flexibility index (Phi) is 3.39.